The number of aromatic nitrogens is 1. The van der Waals surface area contributed by atoms with Gasteiger partial charge in [0.05, 0.1) is 18.9 Å². The van der Waals surface area contributed by atoms with Crippen LogP contribution in [0.1, 0.15) is 17.3 Å². The van der Waals surface area contributed by atoms with Crippen molar-refractivity contribution in [2.45, 2.75) is 13.0 Å². The van der Waals surface area contributed by atoms with Gasteiger partial charge in [-0.15, -0.1) is 0 Å². The van der Waals surface area contributed by atoms with Crippen molar-refractivity contribution in [1.82, 2.24) is 10.3 Å². The molecule has 16 heavy (non-hydrogen) atoms. The molecule has 1 aromatic heterocycles. The minimum Gasteiger partial charge on any atom is -0.506 e. The van der Waals surface area contributed by atoms with Crippen molar-refractivity contribution in [1.29, 1.82) is 0 Å². The van der Waals surface area contributed by atoms with Gasteiger partial charge >= 0.3 is 5.97 Å². The highest BCUT2D eigenvalue weighted by atomic mass is 16.5. The highest BCUT2D eigenvalue weighted by Gasteiger charge is 2.17. The monoisotopic (exact) mass is 224 g/mol. The zero-order chi connectivity index (χ0) is 12.1. The lowest BCUT2D eigenvalue weighted by atomic mass is 10.2. The summed E-state index contributed by atoms with van der Waals surface area (Å²) in [4.78, 5) is 26.3. The van der Waals surface area contributed by atoms with E-state index in [-0.39, 0.29) is 11.3 Å². The number of methoxy groups -OCH3 is 1. The molecule has 0 aromatic carbocycles. The number of amides is 1. The predicted octanol–water partition coefficient (Wildman–Crippen LogP) is 0.0785. The van der Waals surface area contributed by atoms with E-state index < -0.39 is 17.9 Å². The Morgan fingerprint density at radius 3 is 2.75 bits per heavy atom. The molecule has 1 rings (SSSR count). The molecule has 0 aliphatic rings. The van der Waals surface area contributed by atoms with Crippen LogP contribution in [-0.4, -0.2) is 35.1 Å². The summed E-state index contributed by atoms with van der Waals surface area (Å²) in [6, 6.07) is 0.506. The lowest BCUT2D eigenvalue weighted by molar-refractivity contribution is -0.142. The van der Waals surface area contributed by atoms with Crippen LogP contribution in [0, 0.1) is 0 Å². The van der Waals surface area contributed by atoms with Crippen molar-refractivity contribution in [2.75, 3.05) is 7.11 Å². The van der Waals surface area contributed by atoms with E-state index in [1.165, 1.54) is 32.5 Å². The summed E-state index contributed by atoms with van der Waals surface area (Å²) in [5.74, 6) is -1.15. The minimum absolute atomic E-state index is 0.113. The number of ether oxygens (including phenoxy) is 1. The molecule has 0 saturated carbocycles. The zero-order valence-electron chi connectivity index (χ0n) is 8.93. The largest absolute Gasteiger partial charge is 0.506 e. The van der Waals surface area contributed by atoms with E-state index in [0.29, 0.717) is 0 Å². The lowest BCUT2D eigenvalue weighted by Gasteiger charge is -2.11. The first-order valence-electron chi connectivity index (χ1n) is 4.57. The van der Waals surface area contributed by atoms with Gasteiger partial charge in [0.1, 0.15) is 11.8 Å². The summed E-state index contributed by atoms with van der Waals surface area (Å²) >= 11 is 0. The van der Waals surface area contributed by atoms with Crippen LogP contribution in [-0.2, 0) is 9.53 Å². The van der Waals surface area contributed by atoms with Crippen molar-refractivity contribution in [3.63, 3.8) is 0 Å². The predicted molar refractivity (Wildman–Crippen MR) is 54.8 cm³/mol. The van der Waals surface area contributed by atoms with Crippen molar-refractivity contribution in [3.8, 4) is 5.75 Å². The third-order valence-corrected chi connectivity index (χ3v) is 1.89. The van der Waals surface area contributed by atoms with Crippen molar-refractivity contribution in [3.05, 3.63) is 24.0 Å². The van der Waals surface area contributed by atoms with Gasteiger partial charge in [-0.1, -0.05) is 0 Å². The Labute approximate surface area is 92.3 Å². The van der Waals surface area contributed by atoms with E-state index in [0.717, 1.165) is 0 Å². The minimum atomic E-state index is -0.750. The molecule has 86 valence electrons. The topological polar surface area (TPSA) is 88.5 Å². The van der Waals surface area contributed by atoms with Gasteiger partial charge in [0.15, 0.2) is 0 Å². The maximum atomic E-state index is 11.6. The number of nitrogens with one attached hydrogen (secondary N) is 1. The average Bonchev–Trinajstić information content (AvgIpc) is 2.27. The average molecular weight is 224 g/mol. The van der Waals surface area contributed by atoms with E-state index in [1.807, 2.05) is 0 Å². The highest BCUT2D eigenvalue weighted by Crippen LogP contribution is 2.08. The number of carbonyl (C=O) groups excluding carboxylic acids is 2. The molecule has 2 N–H and O–H groups in total. The Morgan fingerprint density at radius 2 is 2.19 bits per heavy atom. The summed E-state index contributed by atoms with van der Waals surface area (Å²) in [6.45, 7) is 1.50. The van der Waals surface area contributed by atoms with E-state index in [4.69, 9.17) is 5.11 Å². The molecule has 1 aromatic rings. The highest BCUT2D eigenvalue weighted by molar-refractivity contribution is 5.96. The fraction of sp³-hybridized carbons (Fsp3) is 0.300. The van der Waals surface area contributed by atoms with Gasteiger partial charge in [-0.3, -0.25) is 9.78 Å². The number of esters is 1. The first-order chi connectivity index (χ1) is 7.54. The second kappa shape index (κ2) is 5.11. The summed E-state index contributed by atoms with van der Waals surface area (Å²) < 4.78 is 4.45. The molecule has 6 heteroatoms. The van der Waals surface area contributed by atoms with Crippen LogP contribution < -0.4 is 5.32 Å². The third kappa shape index (κ3) is 2.94. The molecular weight excluding hydrogens is 212 g/mol. The van der Waals surface area contributed by atoms with Crippen molar-refractivity contribution < 1.29 is 19.4 Å². The van der Waals surface area contributed by atoms with Crippen LogP contribution in [0.2, 0.25) is 0 Å². The Balaban J connectivity index is 2.69. The summed E-state index contributed by atoms with van der Waals surface area (Å²) in [6.07, 6.45) is 2.50. The Morgan fingerprint density at radius 1 is 1.50 bits per heavy atom. The molecule has 0 bridgehead atoms. The zero-order valence-corrected chi connectivity index (χ0v) is 8.93. The molecule has 0 saturated heterocycles. The van der Waals surface area contributed by atoms with E-state index in [2.05, 4.69) is 15.0 Å². The molecular formula is C10H12N2O4. The van der Waals surface area contributed by atoms with Gasteiger partial charge in [-0.25, -0.2) is 4.79 Å². The van der Waals surface area contributed by atoms with Gasteiger partial charge in [0, 0.05) is 6.20 Å². The van der Waals surface area contributed by atoms with Crippen LogP contribution in [0.4, 0.5) is 0 Å². The standard InChI is InChI=1S/C10H12N2O4/c1-6(10(15)16-2)12-9(14)7-3-8(13)5-11-4-7/h3-6,13H,1-2H3,(H,12,14)/t6-/m0/s1. The number of hydrogen-bond donors (Lipinski definition) is 2. The summed E-state index contributed by atoms with van der Waals surface area (Å²) in [7, 11) is 1.24. The van der Waals surface area contributed by atoms with Crippen molar-refractivity contribution >= 4 is 11.9 Å². The number of rotatable bonds is 3. The number of nitrogens with zero attached hydrogens (tertiary/aromatic N) is 1. The molecule has 1 amide bonds. The van der Waals surface area contributed by atoms with Gasteiger partial charge in [-0.2, -0.15) is 0 Å². The quantitative estimate of drug-likeness (QED) is 0.710. The molecule has 0 aliphatic carbocycles. The fourth-order valence-electron chi connectivity index (χ4n) is 1.07. The normalized spacial score (nSPS) is 11.6. The molecule has 6 nitrogen and oxygen atoms in total. The van der Waals surface area contributed by atoms with Crippen LogP contribution in [0.15, 0.2) is 18.5 Å². The van der Waals surface area contributed by atoms with Crippen molar-refractivity contribution in [2.24, 2.45) is 0 Å². The Bertz CT molecular complexity index is 406. The molecule has 0 fully saturated rings. The molecule has 0 radical (unpaired) electrons. The van der Waals surface area contributed by atoms with E-state index >= 15 is 0 Å². The first kappa shape index (κ1) is 12.0. The number of carbonyl (C=O) groups is 2. The Kier molecular flexibility index (Phi) is 3.82. The van der Waals surface area contributed by atoms with Gasteiger partial charge in [0.2, 0.25) is 0 Å². The lowest BCUT2D eigenvalue weighted by Crippen LogP contribution is -2.39. The Hall–Kier alpha value is -2.11. The molecule has 1 heterocycles. The van der Waals surface area contributed by atoms with E-state index in [9.17, 15) is 9.59 Å². The molecule has 0 unspecified atom stereocenters. The molecule has 1 atom stereocenters. The smallest absolute Gasteiger partial charge is 0.328 e. The van der Waals surface area contributed by atoms with E-state index in [1.54, 1.807) is 0 Å². The molecule has 0 spiro atoms. The molecule has 0 aliphatic heterocycles. The second-order valence-electron chi connectivity index (χ2n) is 3.15. The second-order valence-corrected chi connectivity index (χ2v) is 3.15. The maximum Gasteiger partial charge on any atom is 0.328 e. The van der Waals surface area contributed by atoms with Crippen LogP contribution in [0.5, 0.6) is 5.75 Å². The fourth-order valence-corrected chi connectivity index (χ4v) is 1.07. The van der Waals surface area contributed by atoms with Gasteiger partial charge < -0.3 is 15.2 Å². The van der Waals surface area contributed by atoms with Crippen LogP contribution in [0.3, 0.4) is 0 Å². The van der Waals surface area contributed by atoms with Gasteiger partial charge in [-0.05, 0) is 13.0 Å². The first-order valence-corrected chi connectivity index (χ1v) is 4.57. The van der Waals surface area contributed by atoms with Gasteiger partial charge in [0.25, 0.3) is 5.91 Å². The third-order valence-electron chi connectivity index (χ3n) is 1.89. The number of aromatic hydroxyl groups is 1. The van der Waals surface area contributed by atoms with Crippen LogP contribution >= 0.6 is 0 Å². The number of pyridine rings is 1. The SMILES string of the molecule is COC(=O)[C@H](C)NC(=O)c1cncc(O)c1. The summed E-state index contributed by atoms with van der Waals surface area (Å²) in [5, 5.41) is 11.5. The van der Waals surface area contributed by atoms with Crippen LogP contribution in [0.25, 0.3) is 0 Å². The summed E-state index contributed by atoms with van der Waals surface area (Å²) in [5.41, 5.74) is 0.177. The number of hydrogen-bond acceptors (Lipinski definition) is 5. The maximum absolute atomic E-state index is 11.6.